The molecule has 1 fully saturated rings. The van der Waals surface area contributed by atoms with Gasteiger partial charge in [0.25, 0.3) is 11.7 Å². The van der Waals surface area contributed by atoms with Gasteiger partial charge in [-0.3, -0.25) is 14.5 Å². The molecule has 7 heteroatoms. The zero-order valence-corrected chi connectivity index (χ0v) is 21.0. The molecule has 6 nitrogen and oxygen atoms in total. The molecule has 1 heterocycles. The molecule has 186 valence electrons. The zero-order valence-electron chi connectivity index (χ0n) is 20.3. The Hall–Kier alpha value is -4.29. The number of ether oxygens (including phenoxy) is 2. The summed E-state index contributed by atoms with van der Waals surface area (Å²) in [4.78, 5) is 28.5. The van der Waals surface area contributed by atoms with Crippen LogP contribution in [0.5, 0.6) is 11.5 Å². The number of ketones is 1. The number of aliphatic hydroxyl groups excluding tert-OH is 1. The van der Waals surface area contributed by atoms with E-state index in [1.807, 2.05) is 49.4 Å². The first-order chi connectivity index (χ1) is 17.9. The summed E-state index contributed by atoms with van der Waals surface area (Å²) in [5.74, 6) is -0.927. The minimum Gasteiger partial charge on any atom is -0.507 e. The molecule has 5 rings (SSSR count). The molecule has 1 amide bonds. The van der Waals surface area contributed by atoms with Crippen LogP contribution in [0.2, 0.25) is 5.02 Å². The number of nitrogens with zero attached hydrogens (tertiary/aromatic N) is 1. The number of carbonyl (C=O) groups excluding carboxylic acids is 2. The second-order valence-electron chi connectivity index (χ2n) is 8.52. The lowest BCUT2D eigenvalue weighted by Crippen LogP contribution is -2.29. The second kappa shape index (κ2) is 9.99. The number of halogens is 1. The molecule has 37 heavy (non-hydrogen) atoms. The Bertz CT molecular complexity index is 1560. The van der Waals surface area contributed by atoms with Crippen molar-refractivity contribution in [1.82, 2.24) is 0 Å². The third kappa shape index (κ3) is 4.30. The van der Waals surface area contributed by atoms with E-state index in [1.54, 1.807) is 42.5 Å². The quantitative estimate of drug-likeness (QED) is 0.180. The Morgan fingerprint density at radius 3 is 2.51 bits per heavy atom. The van der Waals surface area contributed by atoms with Gasteiger partial charge in [-0.15, -0.1) is 0 Å². The Morgan fingerprint density at radius 1 is 0.973 bits per heavy atom. The van der Waals surface area contributed by atoms with E-state index in [1.165, 1.54) is 12.0 Å². The van der Waals surface area contributed by atoms with Gasteiger partial charge < -0.3 is 14.6 Å². The van der Waals surface area contributed by atoms with Gasteiger partial charge in [0.15, 0.2) is 0 Å². The molecular formula is C30H24ClNO5. The van der Waals surface area contributed by atoms with E-state index in [9.17, 15) is 14.7 Å². The molecule has 0 radical (unpaired) electrons. The van der Waals surface area contributed by atoms with Crippen molar-refractivity contribution in [3.8, 4) is 11.5 Å². The smallest absolute Gasteiger partial charge is 0.300 e. The Balaban J connectivity index is 1.78. The van der Waals surface area contributed by atoms with Crippen LogP contribution in [0.3, 0.4) is 0 Å². The predicted molar refractivity (Wildman–Crippen MR) is 144 cm³/mol. The average molecular weight is 514 g/mol. The third-order valence-corrected chi connectivity index (χ3v) is 6.71. The van der Waals surface area contributed by atoms with Crippen molar-refractivity contribution in [3.63, 3.8) is 0 Å². The number of anilines is 1. The maximum Gasteiger partial charge on any atom is 0.300 e. The van der Waals surface area contributed by atoms with Gasteiger partial charge in [-0.05, 0) is 53.6 Å². The number of rotatable bonds is 6. The van der Waals surface area contributed by atoms with Gasteiger partial charge in [0.1, 0.15) is 17.3 Å². The third-order valence-electron chi connectivity index (χ3n) is 6.40. The molecule has 0 bridgehead atoms. The van der Waals surface area contributed by atoms with Crippen molar-refractivity contribution in [2.75, 3.05) is 18.6 Å². The van der Waals surface area contributed by atoms with Crippen molar-refractivity contribution < 1.29 is 24.2 Å². The fraction of sp³-hybridized carbons (Fsp3) is 0.133. The zero-order chi connectivity index (χ0) is 26.1. The van der Waals surface area contributed by atoms with Crippen LogP contribution in [-0.2, 0) is 9.59 Å². The van der Waals surface area contributed by atoms with Crippen LogP contribution in [0.25, 0.3) is 16.5 Å². The number of hydrogen-bond donors (Lipinski definition) is 1. The first kappa shape index (κ1) is 24.4. The Labute approximate surface area is 219 Å². The van der Waals surface area contributed by atoms with E-state index >= 15 is 0 Å². The molecule has 4 aromatic carbocycles. The summed E-state index contributed by atoms with van der Waals surface area (Å²) in [7, 11) is 1.53. The molecule has 4 aromatic rings. The van der Waals surface area contributed by atoms with Crippen molar-refractivity contribution >= 4 is 45.5 Å². The molecular weight excluding hydrogens is 490 g/mol. The number of fused-ring (bicyclic) bond motifs is 1. The summed E-state index contributed by atoms with van der Waals surface area (Å²) < 4.78 is 10.9. The van der Waals surface area contributed by atoms with Crippen LogP contribution in [0.4, 0.5) is 5.69 Å². The Morgan fingerprint density at radius 2 is 1.73 bits per heavy atom. The van der Waals surface area contributed by atoms with Crippen molar-refractivity contribution in [1.29, 1.82) is 0 Å². The standard InChI is InChI=1S/C30H24ClNO5/c1-3-37-25-16-19(14-15-24(25)31)28(33)26-27(23-13-6-9-18-8-4-5-12-22(18)23)32(30(35)29(26)34)20-10-7-11-21(17-20)36-2/h4-17,27,33H,3H2,1-2H3/b28-26-. The van der Waals surface area contributed by atoms with Crippen molar-refractivity contribution in [3.05, 3.63) is 107 Å². The van der Waals surface area contributed by atoms with Crippen LogP contribution in [0, 0.1) is 0 Å². The molecule has 0 saturated carbocycles. The molecule has 1 atom stereocenters. The van der Waals surface area contributed by atoms with Crippen LogP contribution in [0.1, 0.15) is 24.1 Å². The lowest BCUT2D eigenvalue weighted by molar-refractivity contribution is -0.132. The SMILES string of the molecule is CCOc1cc(/C(O)=C2/C(=O)C(=O)N(c3cccc(OC)c3)C2c2cccc3ccccc23)ccc1Cl. The lowest BCUT2D eigenvalue weighted by Gasteiger charge is -2.27. The summed E-state index contributed by atoms with van der Waals surface area (Å²) in [6.45, 7) is 2.20. The van der Waals surface area contributed by atoms with Gasteiger partial charge in [0.05, 0.1) is 30.4 Å². The molecule has 1 aliphatic heterocycles. The molecule has 0 spiro atoms. The highest BCUT2D eigenvalue weighted by Crippen LogP contribution is 2.45. The van der Waals surface area contributed by atoms with E-state index in [-0.39, 0.29) is 11.3 Å². The van der Waals surface area contributed by atoms with E-state index in [0.717, 1.165) is 10.8 Å². The van der Waals surface area contributed by atoms with Gasteiger partial charge in [0.2, 0.25) is 0 Å². The van der Waals surface area contributed by atoms with E-state index < -0.39 is 17.7 Å². The number of amides is 1. The molecule has 1 saturated heterocycles. The van der Waals surface area contributed by atoms with Crippen molar-refractivity contribution in [2.45, 2.75) is 13.0 Å². The van der Waals surface area contributed by atoms with E-state index in [0.29, 0.717) is 39.9 Å². The maximum atomic E-state index is 13.6. The Kier molecular flexibility index (Phi) is 6.59. The highest BCUT2D eigenvalue weighted by molar-refractivity contribution is 6.52. The molecule has 0 aliphatic carbocycles. The number of Topliss-reactive ketones (excluding diaryl/α,β-unsaturated/α-hetero) is 1. The summed E-state index contributed by atoms with van der Waals surface area (Å²) in [5.41, 5.74) is 1.49. The predicted octanol–water partition coefficient (Wildman–Crippen LogP) is 6.53. The molecule has 0 aromatic heterocycles. The topological polar surface area (TPSA) is 76.1 Å². The number of carbonyl (C=O) groups is 2. The number of benzene rings is 4. The maximum absolute atomic E-state index is 13.6. The minimum atomic E-state index is -0.885. The molecule has 1 aliphatic rings. The number of methoxy groups -OCH3 is 1. The number of aliphatic hydroxyl groups is 1. The summed E-state index contributed by atoms with van der Waals surface area (Å²) in [6, 6.07) is 24.2. The highest BCUT2D eigenvalue weighted by Gasteiger charge is 2.47. The van der Waals surface area contributed by atoms with E-state index in [2.05, 4.69) is 0 Å². The molecule has 1 unspecified atom stereocenters. The summed E-state index contributed by atoms with van der Waals surface area (Å²) in [6.07, 6.45) is 0. The van der Waals surface area contributed by atoms with Gasteiger partial charge in [0, 0.05) is 17.3 Å². The fourth-order valence-corrected chi connectivity index (χ4v) is 4.89. The minimum absolute atomic E-state index is 0.0195. The van der Waals surface area contributed by atoms with E-state index in [4.69, 9.17) is 21.1 Å². The van der Waals surface area contributed by atoms with Gasteiger partial charge in [-0.2, -0.15) is 0 Å². The van der Waals surface area contributed by atoms with Gasteiger partial charge in [-0.1, -0.05) is 60.1 Å². The first-order valence-corrected chi connectivity index (χ1v) is 12.2. The lowest BCUT2D eigenvalue weighted by atomic mass is 9.91. The first-order valence-electron chi connectivity index (χ1n) is 11.8. The second-order valence-corrected chi connectivity index (χ2v) is 8.92. The average Bonchev–Trinajstić information content (AvgIpc) is 3.19. The molecule has 1 N–H and O–H groups in total. The van der Waals surface area contributed by atoms with Crippen LogP contribution in [-0.4, -0.2) is 30.5 Å². The van der Waals surface area contributed by atoms with Crippen LogP contribution in [0.15, 0.2) is 90.5 Å². The summed E-state index contributed by atoms with van der Waals surface area (Å²) >= 11 is 6.25. The fourth-order valence-electron chi connectivity index (χ4n) is 4.71. The van der Waals surface area contributed by atoms with Gasteiger partial charge in [-0.25, -0.2) is 0 Å². The van der Waals surface area contributed by atoms with Crippen LogP contribution < -0.4 is 14.4 Å². The van der Waals surface area contributed by atoms with Crippen molar-refractivity contribution in [2.24, 2.45) is 0 Å². The highest BCUT2D eigenvalue weighted by atomic mass is 35.5. The normalized spacial score (nSPS) is 16.8. The largest absolute Gasteiger partial charge is 0.507 e. The monoisotopic (exact) mass is 513 g/mol. The number of hydrogen-bond acceptors (Lipinski definition) is 5. The van der Waals surface area contributed by atoms with Crippen LogP contribution >= 0.6 is 11.6 Å². The van der Waals surface area contributed by atoms with Gasteiger partial charge >= 0.3 is 0 Å². The summed E-state index contributed by atoms with van der Waals surface area (Å²) in [5, 5.41) is 13.7.